The van der Waals surface area contributed by atoms with E-state index in [4.69, 9.17) is 0 Å². The Balaban J connectivity index is 2.87. The van der Waals surface area contributed by atoms with Crippen molar-refractivity contribution >= 4 is 21.8 Å². The third-order valence-corrected chi connectivity index (χ3v) is 3.41. The van der Waals surface area contributed by atoms with Crippen LogP contribution in [0.15, 0.2) is 18.2 Å². The van der Waals surface area contributed by atoms with Crippen LogP contribution >= 0.6 is 15.9 Å². The monoisotopic (exact) mass is 319 g/mol. The summed E-state index contributed by atoms with van der Waals surface area (Å²) in [4.78, 5) is 11.9. The molecule has 18 heavy (non-hydrogen) atoms. The topological polar surface area (TPSA) is 29.1 Å². The van der Waals surface area contributed by atoms with Crippen molar-refractivity contribution in [1.29, 1.82) is 0 Å². The van der Waals surface area contributed by atoms with Crippen LogP contribution in [-0.2, 0) is 0 Å². The van der Waals surface area contributed by atoms with E-state index >= 15 is 0 Å². The number of carbonyl (C=O) groups excluding carboxylic acids is 1. The fourth-order valence-electron chi connectivity index (χ4n) is 1.55. The first-order valence-electron chi connectivity index (χ1n) is 5.75. The standard InChI is InChI=1S/C13H16BrF2NO/c1-3-13(2,6-7-14)17-12(18)10-5-4-9(15)8-11(10)16/h4-5,8H,3,6-7H2,1-2H3,(H,17,18). The molecule has 1 unspecified atom stereocenters. The van der Waals surface area contributed by atoms with Gasteiger partial charge >= 0.3 is 0 Å². The van der Waals surface area contributed by atoms with Crippen LogP contribution in [0.4, 0.5) is 8.78 Å². The van der Waals surface area contributed by atoms with Gasteiger partial charge in [0, 0.05) is 16.9 Å². The summed E-state index contributed by atoms with van der Waals surface area (Å²) < 4.78 is 26.2. The highest BCUT2D eigenvalue weighted by molar-refractivity contribution is 9.09. The summed E-state index contributed by atoms with van der Waals surface area (Å²) in [7, 11) is 0. The second-order valence-electron chi connectivity index (χ2n) is 4.43. The van der Waals surface area contributed by atoms with Crippen LogP contribution in [0.25, 0.3) is 0 Å². The Kier molecular flexibility index (Phi) is 5.26. The lowest BCUT2D eigenvalue weighted by Crippen LogP contribution is -2.46. The van der Waals surface area contributed by atoms with E-state index in [9.17, 15) is 13.6 Å². The minimum absolute atomic E-state index is 0.134. The van der Waals surface area contributed by atoms with Crippen LogP contribution in [0.3, 0.4) is 0 Å². The Hall–Kier alpha value is -0.970. The van der Waals surface area contributed by atoms with Gasteiger partial charge in [-0.15, -0.1) is 0 Å². The maximum atomic E-state index is 13.5. The number of nitrogens with one attached hydrogen (secondary N) is 1. The first-order valence-corrected chi connectivity index (χ1v) is 6.87. The molecule has 1 aromatic rings. The molecule has 0 aromatic heterocycles. The second-order valence-corrected chi connectivity index (χ2v) is 5.22. The van der Waals surface area contributed by atoms with Gasteiger partial charge in [-0.2, -0.15) is 0 Å². The predicted octanol–water partition coefficient (Wildman–Crippen LogP) is 3.65. The van der Waals surface area contributed by atoms with E-state index in [1.165, 1.54) is 0 Å². The third-order valence-electron chi connectivity index (χ3n) is 3.02. The van der Waals surface area contributed by atoms with Gasteiger partial charge in [0.25, 0.3) is 5.91 Å². The lowest BCUT2D eigenvalue weighted by molar-refractivity contribution is 0.0897. The van der Waals surface area contributed by atoms with Gasteiger partial charge in [-0.3, -0.25) is 4.79 Å². The van der Waals surface area contributed by atoms with Crippen LogP contribution in [0, 0.1) is 11.6 Å². The molecular formula is C13H16BrF2NO. The molecule has 100 valence electrons. The number of amides is 1. The SMILES string of the molecule is CCC(C)(CCBr)NC(=O)c1ccc(F)cc1F. The molecule has 0 radical (unpaired) electrons. The smallest absolute Gasteiger partial charge is 0.254 e. The first kappa shape index (κ1) is 15.1. The Morgan fingerprint density at radius 2 is 2.11 bits per heavy atom. The number of hydrogen-bond acceptors (Lipinski definition) is 1. The van der Waals surface area contributed by atoms with Crippen molar-refractivity contribution in [2.45, 2.75) is 32.2 Å². The van der Waals surface area contributed by atoms with Crippen molar-refractivity contribution in [2.75, 3.05) is 5.33 Å². The quantitative estimate of drug-likeness (QED) is 0.825. The molecule has 1 rings (SSSR count). The van der Waals surface area contributed by atoms with Crippen LogP contribution in [0.5, 0.6) is 0 Å². The maximum absolute atomic E-state index is 13.5. The molecule has 0 aliphatic carbocycles. The summed E-state index contributed by atoms with van der Waals surface area (Å²) in [6.07, 6.45) is 1.46. The molecule has 0 aliphatic rings. The molecule has 0 saturated heterocycles. The summed E-state index contributed by atoms with van der Waals surface area (Å²) >= 11 is 3.32. The van der Waals surface area contributed by atoms with E-state index in [-0.39, 0.29) is 5.56 Å². The summed E-state index contributed by atoms with van der Waals surface area (Å²) in [5.41, 5.74) is -0.535. The van der Waals surface area contributed by atoms with Crippen LogP contribution in [-0.4, -0.2) is 16.8 Å². The minimum atomic E-state index is -0.843. The van der Waals surface area contributed by atoms with Gasteiger partial charge in [-0.25, -0.2) is 8.78 Å². The van der Waals surface area contributed by atoms with Crippen molar-refractivity contribution in [3.05, 3.63) is 35.4 Å². The summed E-state index contributed by atoms with van der Waals surface area (Å²) in [6, 6.07) is 2.94. The number of halogens is 3. The van der Waals surface area contributed by atoms with Crippen LogP contribution in [0.2, 0.25) is 0 Å². The lowest BCUT2D eigenvalue weighted by Gasteiger charge is -2.29. The van der Waals surface area contributed by atoms with Crippen molar-refractivity contribution in [3.63, 3.8) is 0 Å². The van der Waals surface area contributed by atoms with E-state index in [1.807, 2.05) is 13.8 Å². The van der Waals surface area contributed by atoms with E-state index in [2.05, 4.69) is 21.2 Å². The lowest BCUT2D eigenvalue weighted by atomic mass is 9.95. The van der Waals surface area contributed by atoms with E-state index < -0.39 is 23.1 Å². The highest BCUT2D eigenvalue weighted by Crippen LogP contribution is 2.18. The van der Waals surface area contributed by atoms with Gasteiger partial charge < -0.3 is 5.32 Å². The predicted molar refractivity (Wildman–Crippen MR) is 70.9 cm³/mol. The average molecular weight is 320 g/mol. The molecule has 0 bridgehead atoms. The molecule has 0 heterocycles. The summed E-state index contributed by atoms with van der Waals surface area (Å²) in [6.45, 7) is 3.84. The molecule has 1 atom stereocenters. The zero-order valence-electron chi connectivity index (χ0n) is 10.4. The number of rotatable bonds is 5. The Morgan fingerprint density at radius 3 is 2.61 bits per heavy atom. The van der Waals surface area contributed by atoms with Gasteiger partial charge in [0.1, 0.15) is 11.6 Å². The first-order chi connectivity index (χ1) is 8.41. The number of carbonyl (C=O) groups is 1. The Labute approximate surface area is 114 Å². The minimum Gasteiger partial charge on any atom is -0.347 e. The average Bonchev–Trinajstić information content (AvgIpc) is 2.28. The van der Waals surface area contributed by atoms with Crippen LogP contribution in [0.1, 0.15) is 37.0 Å². The highest BCUT2D eigenvalue weighted by Gasteiger charge is 2.25. The maximum Gasteiger partial charge on any atom is 0.254 e. The summed E-state index contributed by atoms with van der Waals surface area (Å²) in [5.74, 6) is -2.05. The Morgan fingerprint density at radius 1 is 1.44 bits per heavy atom. The molecule has 1 aromatic carbocycles. The normalized spacial score (nSPS) is 14.1. The van der Waals surface area contributed by atoms with Crippen molar-refractivity contribution in [3.8, 4) is 0 Å². The second kappa shape index (κ2) is 6.27. The van der Waals surface area contributed by atoms with E-state index in [0.29, 0.717) is 6.07 Å². The molecule has 0 fully saturated rings. The largest absolute Gasteiger partial charge is 0.347 e. The highest BCUT2D eigenvalue weighted by atomic mass is 79.9. The molecule has 0 spiro atoms. The van der Waals surface area contributed by atoms with Crippen molar-refractivity contribution in [1.82, 2.24) is 5.32 Å². The molecule has 5 heteroatoms. The Bertz CT molecular complexity index is 439. The molecule has 1 N–H and O–H groups in total. The number of alkyl halides is 1. The molecule has 0 saturated carbocycles. The van der Waals surface area contributed by atoms with Gasteiger partial charge in [-0.1, -0.05) is 22.9 Å². The fraction of sp³-hybridized carbons (Fsp3) is 0.462. The summed E-state index contributed by atoms with van der Waals surface area (Å²) in [5, 5.41) is 3.53. The van der Waals surface area contributed by atoms with E-state index in [0.717, 1.165) is 30.3 Å². The van der Waals surface area contributed by atoms with Crippen molar-refractivity contribution < 1.29 is 13.6 Å². The molecule has 1 amide bonds. The molecular weight excluding hydrogens is 304 g/mol. The van der Waals surface area contributed by atoms with Crippen LogP contribution < -0.4 is 5.32 Å². The molecule has 0 aliphatic heterocycles. The zero-order valence-corrected chi connectivity index (χ0v) is 12.0. The molecule has 2 nitrogen and oxygen atoms in total. The van der Waals surface area contributed by atoms with Crippen molar-refractivity contribution in [2.24, 2.45) is 0 Å². The van der Waals surface area contributed by atoms with Gasteiger partial charge in [0.2, 0.25) is 0 Å². The third kappa shape index (κ3) is 3.77. The zero-order chi connectivity index (χ0) is 13.8. The van der Waals surface area contributed by atoms with Gasteiger partial charge in [-0.05, 0) is 31.9 Å². The number of hydrogen-bond donors (Lipinski definition) is 1. The number of benzene rings is 1. The fourth-order valence-corrected chi connectivity index (χ4v) is 2.43. The van der Waals surface area contributed by atoms with Gasteiger partial charge in [0.05, 0.1) is 5.56 Å². The van der Waals surface area contributed by atoms with Gasteiger partial charge in [0.15, 0.2) is 0 Å². The van der Waals surface area contributed by atoms with E-state index in [1.54, 1.807) is 0 Å².